The van der Waals surface area contributed by atoms with Gasteiger partial charge in [0, 0.05) is 12.1 Å². The average molecular weight is 391 g/mol. The van der Waals surface area contributed by atoms with E-state index in [9.17, 15) is 8.42 Å². The molecule has 0 aliphatic rings. The van der Waals surface area contributed by atoms with Gasteiger partial charge in [0.25, 0.3) is 10.0 Å². The first-order valence-electron chi connectivity index (χ1n) is 5.95. The maximum atomic E-state index is 12.8. The summed E-state index contributed by atoms with van der Waals surface area (Å²) in [4.78, 5) is 0.00993. The molecule has 0 aromatic heterocycles. The third-order valence-electron chi connectivity index (χ3n) is 2.94. The Morgan fingerprint density at radius 2 is 1.81 bits per heavy atom. The number of methoxy groups -OCH3 is 1. The first kappa shape index (κ1) is 16.1. The van der Waals surface area contributed by atoms with Crippen molar-refractivity contribution in [3.63, 3.8) is 0 Å². The summed E-state index contributed by atoms with van der Waals surface area (Å²) in [6.45, 7) is 0. The summed E-state index contributed by atoms with van der Waals surface area (Å²) in [5.74, 6) is 0.224. The summed E-state index contributed by atoms with van der Waals surface area (Å²) >= 11 is 9.23. The normalized spacial score (nSPS) is 11.2. The van der Waals surface area contributed by atoms with Crippen molar-refractivity contribution in [3.8, 4) is 5.75 Å². The van der Waals surface area contributed by atoms with E-state index in [1.807, 2.05) is 6.07 Å². The van der Waals surface area contributed by atoms with Crippen LogP contribution >= 0.6 is 27.5 Å². The van der Waals surface area contributed by atoms with Crippen molar-refractivity contribution >= 4 is 43.2 Å². The molecule has 0 N–H and O–H groups in total. The largest absolute Gasteiger partial charge is 0.494 e. The summed E-state index contributed by atoms with van der Waals surface area (Å²) in [6, 6.07) is 11.7. The highest BCUT2D eigenvalue weighted by Gasteiger charge is 2.27. The van der Waals surface area contributed by atoms with Crippen LogP contribution in [-0.2, 0) is 10.0 Å². The van der Waals surface area contributed by atoms with Crippen LogP contribution in [0.3, 0.4) is 0 Å². The van der Waals surface area contributed by atoms with Crippen molar-refractivity contribution in [2.24, 2.45) is 0 Å². The van der Waals surface area contributed by atoms with Crippen molar-refractivity contribution in [1.29, 1.82) is 0 Å². The second-order valence-corrected chi connectivity index (χ2v) is 7.46. The minimum absolute atomic E-state index is 0.00993. The van der Waals surface area contributed by atoms with Gasteiger partial charge in [-0.2, -0.15) is 0 Å². The molecule has 0 unspecified atom stereocenters. The standard InChI is InChI=1S/C14H13BrClNO3S/c1-17(11-6-4-3-5-7-11)21(18,19)13-9-10(16)8-12(15)14(13)20-2/h3-9H,1-2H3. The molecule has 0 saturated carbocycles. The van der Waals surface area contributed by atoms with E-state index < -0.39 is 10.0 Å². The van der Waals surface area contributed by atoms with E-state index in [1.165, 1.54) is 24.5 Å². The molecule has 0 fully saturated rings. The van der Waals surface area contributed by atoms with Gasteiger partial charge in [0.2, 0.25) is 0 Å². The first-order valence-corrected chi connectivity index (χ1v) is 8.56. The lowest BCUT2D eigenvalue weighted by Crippen LogP contribution is -2.27. The number of anilines is 1. The summed E-state index contributed by atoms with van der Waals surface area (Å²) in [7, 11) is -0.889. The van der Waals surface area contributed by atoms with Crippen LogP contribution < -0.4 is 9.04 Å². The highest BCUT2D eigenvalue weighted by molar-refractivity contribution is 9.10. The molecule has 21 heavy (non-hydrogen) atoms. The summed E-state index contributed by atoms with van der Waals surface area (Å²) in [5.41, 5.74) is 0.552. The van der Waals surface area contributed by atoms with Crippen LogP contribution in [0.15, 0.2) is 51.8 Å². The summed E-state index contributed by atoms with van der Waals surface area (Å²) in [5, 5.41) is 0.308. The third kappa shape index (κ3) is 3.17. The molecule has 0 radical (unpaired) electrons. The van der Waals surface area contributed by atoms with Crippen molar-refractivity contribution in [1.82, 2.24) is 0 Å². The Kier molecular flexibility index (Phi) is 4.81. The lowest BCUT2D eigenvalue weighted by Gasteiger charge is -2.21. The van der Waals surface area contributed by atoms with Gasteiger partial charge in [-0.15, -0.1) is 0 Å². The van der Waals surface area contributed by atoms with Gasteiger partial charge < -0.3 is 4.74 Å². The zero-order valence-corrected chi connectivity index (χ0v) is 14.5. The minimum atomic E-state index is -3.79. The van der Waals surface area contributed by atoms with Crippen molar-refractivity contribution in [3.05, 3.63) is 52.0 Å². The van der Waals surface area contributed by atoms with E-state index in [2.05, 4.69) is 15.9 Å². The molecule has 0 aliphatic carbocycles. The van der Waals surface area contributed by atoms with E-state index in [-0.39, 0.29) is 10.6 Å². The van der Waals surface area contributed by atoms with Crippen molar-refractivity contribution in [2.75, 3.05) is 18.5 Å². The molecule has 0 saturated heterocycles. The molecular weight excluding hydrogens is 378 g/mol. The molecule has 0 heterocycles. The lowest BCUT2D eigenvalue weighted by molar-refractivity contribution is 0.400. The van der Waals surface area contributed by atoms with Crippen LogP contribution in [0.4, 0.5) is 5.69 Å². The highest BCUT2D eigenvalue weighted by Crippen LogP contribution is 2.37. The van der Waals surface area contributed by atoms with Gasteiger partial charge in [0.15, 0.2) is 5.75 Å². The number of halogens is 2. The summed E-state index contributed by atoms with van der Waals surface area (Å²) < 4.78 is 32.4. The predicted molar refractivity (Wildman–Crippen MR) is 87.7 cm³/mol. The van der Waals surface area contributed by atoms with Crippen LogP contribution in [0.2, 0.25) is 5.02 Å². The van der Waals surface area contributed by atoms with E-state index in [1.54, 1.807) is 30.3 Å². The topological polar surface area (TPSA) is 46.6 Å². The Morgan fingerprint density at radius 1 is 1.19 bits per heavy atom. The Labute approximate surface area is 137 Å². The van der Waals surface area contributed by atoms with E-state index in [0.29, 0.717) is 15.2 Å². The number of hydrogen-bond acceptors (Lipinski definition) is 3. The van der Waals surface area contributed by atoms with Gasteiger partial charge in [-0.3, -0.25) is 4.31 Å². The molecule has 2 rings (SSSR count). The van der Waals surface area contributed by atoms with Gasteiger partial charge in [-0.1, -0.05) is 29.8 Å². The average Bonchev–Trinajstić information content (AvgIpc) is 2.46. The number of hydrogen-bond donors (Lipinski definition) is 0. The summed E-state index contributed by atoms with van der Waals surface area (Å²) in [6.07, 6.45) is 0. The molecule has 0 amide bonds. The van der Waals surface area contributed by atoms with Crippen LogP contribution in [0.25, 0.3) is 0 Å². The molecule has 4 nitrogen and oxygen atoms in total. The number of rotatable bonds is 4. The van der Waals surface area contributed by atoms with Crippen molar-refractivity contribution in [2.45, 2.75) is 4.90 Å². The number of benzene rings is 2. The van der Waals surface area contributed by atoms with Crippen LogP contribution in [-0.4, -0.2) is 22.6 Å². The zero-order chi connectivity index (χ0) is 15.6. The molecule has 0 spiro atoms. The fourth-order valence-corrected chi connectivity index (χ4v) is 4.42. The predicted octanol–water partition coefficient (Wildman–Crippen LogP) is 3.94. The highest BCUT2D eigenvalue weighted by atomic mass is 79.9. The van der Waals surface area contributed by atoms with Crippen LogP contribution in [0.5, 0.6) is 5.75 Å². The van der Waals surface area contributed by atoms with Crippen LogP contribution in [0.1, 0.15) is 0 Å². The SMILES string of the molecule is COc1c(Br)cc(Cl)cc1S(=O)(=O)N(C)c1ccccc1. The molecular formula is C14H13BrClNO3S. The molecule has 2 aromatic rings. The molecule has 0 aliphatic heterocycles. The van der Waals surface area contributed by atoms with Crippen molar-refractivity contribution < 1.29 is 13.2 Å². The molecule has 112 valence electrons. The third-order valence-corrected chi connectivity index (χ3v) is 5.53. The monoisotopic (exact) mass is 389 g/mol. The minimum Gasteiger partial charge on any atom is -0.494 e. The second-order valence-electron chi connectivity index (χ2n) is 4.23. The van der Waals surface area contributed by atoms with Gasteiger partial charge in [0.05, 0.1) is 17.3 Å². The Morgan fingerprint density at radius 3 is 2.38 bits per heavy atom. The fourth-order valence-electron chi connectivity index (χ4n) is 1.85. The quantitative estimate of drug-likeness (QED) is 0.794. The number of sulfonamides is 1. The number of ether oxygens (including phenoxy) is 1. The van der Waals surface area contributed by atoms with E-state index in [0.717, 1.165) is 0 Å². The second kappa shape index (κ2) is 6.25. The lowest BCUT2D eigenvalue weighted by atomic mass is 10.3. The van der Waals surface area contributed by atoms with E-state index in [4.69, 9.17) is 16.3 Å². The maximum absolute atomic E-state index is 12.8. The Balaban J connectivity index is 2.60. The van der Waals surface area contributed by atoms with Gasteiger partial charge in [0.1, 0.15) is 4.90 Å². The van der Waals surface area contributed by atoms with E-state index >= 15 is 0 Å². The number of nitrogens with zero attached hydrogens (tertiary/aromatic N) is 1. The Bertz CT molecular complexity index is 750. The number of para-hydroxylation sites is 1. The zero-order valence-electron chi connectivity index (χ0n) is 11.4. The smallest absolute Gasteiger partial charge is 0.267 e. The first-order chi connectivity index (χ1) is 9.87. The van der Waals surface area contributed by atoms with Gasteiger partial charge >= 0.3 is 0 Å². The van der Waals surface area contributed by atoms with Gasteiger partial charge in [-0.05, 0) is 40.2 Å². The van der Waals surface area contributed by atoms with Gasteiger partial charge in [-0.25, -0.2) is 8.42 Å². The molecule has 2 aromatic carbocycles. The molecule has 0 bridgehead atoms. The Hall–Kier alpha value is -1.24. The fraction of sp³-hybridized carbons (Fsp3) is 0.143. The van der Waals surface area contributed by atoms with Crippen LogP contribution in [0, 0.1) is 0 Å². The molecule has 0 atom stereocenters. The molecule has 7 heteroatoms. The maximum Gasteiger partial charge on any atom is 0.267 e.